The van der Waals surface area contributed by atoms with E-state index in [1.165, 1.54) is 0 Å². The Bertz CT molecular complexity index is 216. The lowest BCUT2D eigenvalue weighted by molar-refractivity contribution is -0.185. The molecule has 1 aliphatic rings. The van der Waals surface area contributed by atoms with Crippen molar-refractivity contribution in [1.82, 2.24) is 10.2 Å². The molecule has 0 spiro atoms. The highest BCUT2D eigenvalue weighted by Crippen LogP contribution is 2.33. The van der Waals surface area contributed by atoms with Crippen LogP contribution in [0.5, 0.6) is 0 Å². The second kappa shape index (κ2) is 7.96. The zero-order valence-electron chi connectivity index (χ0n) is 10.9. The van der Waals surface area contributed by atoms with Gasteiger partial charge in [-0.25, -0.2) is 0 Å². The van der Waals surface area contributed by atoms with Gasteiger partial charge in [-0.3, -0.25) is 0 Å². The van der Waals surface area contributed by atoms with E-state index < -0.39 is 12.1 Å². The van der Waals surface area contributed by atoms with Crippen LogP contribution >= 0.6 is 0 Å². The molecule has 0 radical (unpaired) electrons. The second-order valence-corrected chi connectivity index (χ2v) is 4.75. The maximum Gasteiger partial charge on any atom is 0.391 e. The van der Waals surface area contributed by atoms with E-state index in [4.69, 9.17) is 4.74 Å². The molecule has 0 aromatic rings. The summed E-state index contributed by atoms with van der Waals surface area (Å²) < 4.78 is 42.3. The Kier molecular flexibility index (Phi) is 6.96. The molecule has 0 aromatic carbocycles. The van der Waals surface area contributed by atoms with Crippen LogP contribution in [0.4, 0.5) is 13.2 Å². The van der Waals surface area contributed by atoms with Crippen molar-refractivity contribution in [3.63, 3.8) is 0 Å². The highest BCUT2D eigenvalue weighted by atomic mass is 19.4. The fourth-order valence-electron chi connectivity index (χ4n) is 2.21. The molecule has 0 amide bonds. The van der Waals surface area contributed by atoms with Gasteiger partial charge < -0.3 is 15.0 Å². The summed E-state index contributed by atoms with van der Waals surface area (Å²) in [4.78, 5) is 2.13. The van der Waals surface area contributed by atoms with E-state index in [9.17, 15) is 13.2 Å². The molecule has 18 heavy (non-hydrogen) atoms. The number of hydrogen-bond donors (Lipinski definition) is 1. The molecule has 1 heterocycles. The van der Waals surface area contributed by atoms with Gasteiger partial charge in [0.05, 0.1) is 12.5 Å². The first-order valence-electron chi connectivity index (χ1n) is 6.52. The molecule has 0 atom stereocenters. The molecule has 6 heteroatoms. The summed E-state index contributed by atoms with van der Waals surface area (Å²) in [6.07, 6.45) is -2.53. The molecule has 1 saturated heterocycles. The second-order valence-electron chi connectivity index (χ2n) is 4.75. The average molecular weight is 268 g/mol. The first kappa shape index (κ1) is 15.7. The summed E-state index contributed by atoms with van der Waals surface area (Å²) in [6, 6.07) is 0. The van der Waals surface area contributed by atoms with Crippen LogP contribution in [-0.2, 0) is 4.74 Å². The van der Waals surface area contributed by atoms with Gasteiger partial charge in [0.2, 0.25) is 0 Å². The lowest BCUT2D eigenvalue weighted by Gasteiger charge is -2.32. The fraction of sp³-hybridized carbons (Fsp3) is 1.00. The molecule has 1 N–H and O–H groups in total. The first-order valence-corrected chi connectivity index (χ1v) is 6.52. The number of nitrogens with one attached hydrogen (secondary N) is 1. The largest absolute Gasteiger partial charge is 0.391 e. The van der Waals surface area contributed by atoms with Crippen molar-refractivity contribution in [3.8, 4) is 0 Å². The topological polar surface area (TPSA) is 24.5 Å². The van der Waals surface area contributed by atoms with Gasteiger partial charge in [0.25, 0.3) is 0 Å². The Morgan fingerprint density at radius 2 is 1.89 bits per heavy atom. The number of likely N-dealkylation sites (tertiary alicyclic amines) is 1. The normalized spacial score (nSPS) is 19.3. The van der Waals surface area contributed by atoms with Gasteiger partial charge in [0.1, 0.15) is 0 Å². The van der Waals surface area contributed by atoms with Crippen LogP contribution in [0.25, 0.3) is 0 Å². The molecule has 1 fully saturated rings. The lowest BCUT2D eigenvalue weighted by atomic mass is 9.96. The minimum atomic E-state index is -4.01. The molecule has 0 saturated carbocycles. The van der Waals surface area contributed by atoms with E-state index in [1.54, 1.807) is 7.11 Å². The van der Waals surface area contributed by atoms with E-state index in [0.29, 0.717) is 19.7 Å². The molecular formula is C12H23F3N2O. The Morgan fingerprint density at radius 1 is 1.22 bits per heavy atom. The quantitative estimate of drug-likeness (QED) is 0.714. The van der Waals surface area contributed by atoms with Crippen LogP contribution in [-0.4, -0.2) is 57.5 Å². The van der Waals surface area contributed by atoms with Gasteiger partial charge in [-0.1, -0.05) is 0 Å². The zero-order chi connectivity index (χ0) is 13.4. The molecule has 3 nitrogen and oxygen atoms in total. The number of alkyl halides is 3. The molecule has 0 aliphatic carbocycles. The van der Waals surface area contributed by atoms with Gasteiger partial charge in [0, 0.05) is 13.7 Å². The molecule has 0 unspecified atom stereocenters. The number of hydrogen-bond acceptors (Lipinski definition) is 3. The third kappa shape index (κ3) is 6.02. The van der Waals surface area contributed by atoms with Gasteiger partial charge >= 0.3 is 6.18 Å². The van der Waals surface area contributed by atoms with E-state index in [0.717, 1.165) is 26.1 Å². The smallest absolute Gasteiger partial charge is 0.383 e. The number of halogens is 3. The Balaban J connectivity index is 2.02. The number of ether oxygens (including phenoxy) is 1. The monoisotopic (exact) mass is 268 g/mol. The number of piperidine rings is 1. The van der Waals surface area contributed by atoms with Crippen LogP contribution in [0.1, 0.15) is 19.3 Å². The predicted octanol–water partition coefficient (Wildman–Crippen LogP) is 1.89. The SMILES string of the molecule is COCCNCCCN1CCC(C(F)(F)F)CC1. The molecular weight excluding hydrogens is 245 g/mol. The number of methoxy groups -OCH3 is 1. The maximum absolute atomic E-state index is 12.5. The van der Waals surface area contributed by atoms with Crippen molar-refractivity contribution in [2.45, 2.75) is 25.4 Å². The van der Waals surface area contributed by atoms with Crippen molar-refractivity contribution in [2.75, 3.05) is 46.4 Å². The van der Waals surface area contributed by atoms with Crippen LogP contribution < -0.4 is 5.32 Å². The zero-order valence-corrected chi connectivity index (χ0v) is 10.9. The summed E-state index contributed by atoms with van der Waals surface area (Å²) in [5.41, 5.74) is 0. The van der Waals surface area contributed by atoms with Crippen molar-refractivity contribution in [2.24, 2.45) is 5.92 Å². The predicted molar refractivity (Wildman–Crippen MR) is 64.6 cm³/mol. The Hall–Kier alpha value is -0.330. The minimum Gasteiger partial charge on any atom is -0.383 e. The van der Waals surface area contributed by atoms with Crippen LogP contribution in [0.3, 0.4) is 0 Å². The maximum atomic E-state index is 12.5. The third-order valence-electron chi connectivity index (χ3n) is 3.36. The van der Waals surface area contributed by atoms with Crippen molar-refractivity contribution < 1.29 is 17.9 Å². The third-order valence-corrected chi connectivity index (χ3v) is 3.36. The van der Waals surface area contributed by atoms with Gasteiger partial charge in [-0.05, 0) is 45.4 Å². The Morgan fingerprint density at radius 3 is 2.44 bits per heavy atom. The van der Waals surface area contributed by atoms with Crippen molar-refractivity contribution in [1.29, 1.82) is 0 Å². The lowest BCUT2D eigenvalue weighted by Crippen LogP contribution is -2.40. The van der Waals surface area contributed by atoms with Gasteiger partial charge in [0.15, 0.2) is 0 Å². The minimum absolute atomic E-state index is 0.251. The summed E-state index contributed by atoms with van der Waals surface area (Å²) >= 11 is 0. The van der Waals surface area contributed by atoms with Crippen LogP contribution in [0, 0.1) is 5.92 Å². The van der Waals surface area contributed by atoms with Crippen LogP contribution in [0.15, 0.2) is 0 Å². The molecule has 108 valence electrons. The number of nitrogens with zero attached hydrogens (tertiary/aromatic N) is 1. The van der Waals surface area contributed by atoms with E-state index in [-0.39, 0.29) is 12.8 Å². The van der Waals surface area contributed by atoms with E-state index in [2.05, 4.69) is 10.2 Å². The molecule has 1 aliphatic heterocycles. The van der Waals surface area contributed by atoms with Crippen LogP contribution in [0.2, 0.25) is 0 Å². The molecule has 0 bridgehead atoms. The first-order chi connectivity index (χ1) is 8.54. The summed E-state index contributed by atoms with van der Waals surface area (Å²) in [5.74, 6) is -1.09. The number of rotatable bonds is 7. The fourth-order valence-corrected chi connectivity index (χ4v) is 2.21. The van der Waals surface area contributed by atoms with Crippen molar-refractivity contribution in [3.05, 3.63) is 0 Å². The molecule has 0 aromatic heterocycles. The Labute approximate surface area is 107 Å². The van der Waals surface area contributed by atoms with E-state index >= 15 is 0 Å². The summed E-state index contributed by atoms with van der Waals surface area (Å²) in [5, 5.41) is 3.23. The summed E-state index contributed by atoms with van der Waals surface area (Å²) in [6.45, 7) is 4.43. The van der Waals surface area contributed by atoms with E-state index in [1.807, 2.05) is 0 Å². The van der Waals surface area contributed by atoms with Gasteiger partial charge in [-0.2, -0.15) is 13.2 Å². The van der Waals surface area contributed by atoms with Crippen molar-refractivity contribution >= 4 is 0 Å². The average Bonchev–Trinajstić information content (AvgIpc) is 2.33. The standard InChI is InChI=1S/C12H23F3N2O/c1-18-10-6-16-5-2-7-17-8-3-11(4-9-17)12(13,14)15/h11,16H,2-10H2,1H3. The molecule has 1 rings (SSSR count). The summed E-state index contributed by atoms with van der Waals surface area (Å²) in [7, 11) is 1.66. The highest BCUT2D eigenvalue weighted by molar-refractivity contribution is 4.77. The van der Waals surface area contributed by atoms with Gasteiger partial charge in [-0.15, -0.1) is 0 Å². The highest BCUT2D eigenvalue weighted by Gasteiger charge is 2.40.